The quantitative estimate of drug-likeness (QED) is 0.904. The molecule has 1 unspecified atom stereocenters. The van der Waals surface area contributed by atoms with Crippen LogP contribution in [0.15, 0.2) is 28.8 Å². The Bertz CT molecular complexity index is 545. The van der Waals surface area contributed by atoms with Gasteiger partial charge in [-0.3, -0.25) is 0 Å². The highest BCUT2D eigenvalue weighted by atomic mass is 19.3. The molecule has 1 N–H and O–H groups in total. The minimum Gasteiger partial charge on any atom is -0.434 e. The standard InChI is InChI=1S/C12H12F2N2O3/c1-2-8(17)10-15-11(19-16-10)7-5-3-4-6-9(7)18-12(13)14/h3-6,8,12,17H,2H2,1H3. The van der Waals surface area contributed by atoms with Crippen molar-refractivity contribution in [3.8, 4) is 17.2 Å². The molecule has 7 heteroatoms. The van der Waals surface area contributed by atoms with Crippen LogP contribution in [0.5, 0.6) is 5.75 Å². The molecule has 19 heavy (non-hydrogen) atoms. The molecule has 0 bridgehead atoms. The molecule has 1 atom stereocenters. The largest absolute Gasteiger partial charge is 0.434 e. The molecule has 0 fully saturated rings. The zero-order chi connectivity index (χ0) is 13.8. The molecule has 1 aromatic carbocycles. The third-order valence-electron chi connectivity index (χ3n) is 2.46. The SMILES string of the molecule is CCC(O)c1noc(-c2ccccc2OC(F)F)n1. The Morgan fingerprint density at radius 3 is 2.79 bits per heavy atom. The minimum absolute atomic E-state index is 0.0266. The molecule has 2 rings (SSSR count). The van der Waals surface area contributed by atoms with Crippen molar-refractivity contribution in [3.05, 3.63) is 30.1 Å². The third-order valence-corrected chi connectivity index (χ3v) is 2.46. The van der Waals surface area contributed by atoms with Crippen molar-refractivity contribution in [1.82, 2.24) is 10.1 Å². The molecule has 102 valence electrons. The fourth-order valence-electron chi connectivity index (χ4n) is 1.50. The second-order valence-corrected chi connectivity index (χ2v) is 3.76. The maximum Gasteiger partial charge on any atom is 0.387 e. The predicted molar refractivity (Wildman–Crippen MR) is 61.6 cm³/mol. The van der Waals surface area contributed by atoms with Gasteiger partial charge in [0.15, 0.2) is 0 Å². The summed E-state index contributed by atoms with van der Waals surface area (Å²) in [5.74, 6) is 0.0850. The van der Waals surface area contributed by atoms with Crippen molar-refractivity contribution >= 4 is 0 Å². The highest BCUT2D eigenvalue weighted by Crippen LogP contribution is 2.30. The van der Waals surface area contributed by atoms with Crippen LogP contribution in [-0.4, -0.2) is 21.9 Å². The Kier molecular flexibility index (Phi) is 4.06. The molecule has 0 aliphatic carbocycles. The molecule has 0 aliphatic heterocycles. The second-order valence-electron chi connectivity index (χ2n) is 3.76. The zero-order valence-corrected chi connectivity index (χ0v) is 10.1. The average molecular weight is 270 g/mol. The van der Waals surface area contributed by atoms with E-state index in [1.54, 1.807) is 19.1 Å². The number of aliphatic hydroxyl groups excluding tert-OH is 1. The summed E-state index contributed by atoms with van der Waals surface area (Å²) in [4.78, 5) is 3.97. The van der Waals surface area contributed by atoms with Crippen LogP contribution in [0.1, 0.15) is 25.3 Å². The van der Waals surface area contributed by atoms with E-state index in [2.05, 4.69) is 14.9 Å². The highest BCUT2D eigenvalue weighted by molar-refractivity contribution is 5.62. The number of ether oxygens (including phenoxy) is 1. The lowest BCUT2D eigenvalue weighted by atomic mass is 10.2. The van der Waals surface area contributed by atoms with E-state index in [9.17, 15) is 13.9 Å². The van der Waals surface area contributed by atoms with Crippen LogP contribution in [0.3, 0.4) is 0 Å². The highest BCUT2D eigenvalue weighted by Gasteiger charge is 2.18. The molecule has 0 aliphatic rings. The van der Waals surface area contributed by atoms with Gasteiger partial charge in [-0.25, -0.2) is 0 Å². The average Bonchev–Trinajstić information content (AvgIpc) is 2.87. The summed E-state index contributed by atoms with van der Waals surface area (Å²) < 4.78 is 33.9. The number of para-hydroxylation sites is 1. The Balaban J connectivity index is 2.33. The molecule has 1 heterocycles. The maximum atomic E-state index is 12.3. The van der Waals surface area contributed by atoms with Crippen LogP contribution in [0.25, 0.3) is 11.5 Å². The van der Waals surface area contributed by atoms with Gasteiger partial charge in [-0.15, -0.1) is 0 Å². The first kappa shape index (κ1) is 13.4. The van der Waals surface area contributed by atoms with Gasteiger partial charge in [0.05, 0.1) is 5.56 Å². The molecular weight excluding hydrogens is 258 g/mol. The third kappa shape index (κ3) is 3.05. The molecule has 0 saturated carbocycles. The number of rotatable bonds is 5. The van der Waals surface area contributed by atoms with Crippen LogP contribution in [0.4, 0.5) is 8.78 Å². The first-order valence-corrected chi connectivity index (χ1v) is 5.67. The Hall–Kier alpha value is -2.02. The monoisotopic (exact) mass is 270 g/mol. The van der Waals surface area contributed by atoms with E-state index in [1.807, 2.05) is 0 Å². The van der Waals surface area contributed by atoms with Crippen molar-refractivity contribution in [2.75, 3.05) is 0 Å². The van der Waals surface area contributed by atoms with Crippen LogP contribution in [-0.2, 0) is 0 Å². The lowest BCUT2D eigenvalue weighted by Crippen LogP contribution is -2.03. The number of benzene rings is 1. The molecular formula is C12H12F2N2O3. The smallest absolute Gasteiger partial charge is 0.387 e. The lowest BCUT2D eigenvalue weighted by molar-refractivity contribution is -0.0495. The van der Waals surface area contributed by atoms with Crippen LogP contribution in [0.2, 0.25) is 0 Å². The zero-order valence-electron chi connectivity index (χ0n) is 10.1. The van der Waals surface area contributed by atoms with E-state index in [-0.39, 0.29) is 23.0 Å². The topological polar surface area (TPSA) is 68.4 Å². The molecule has 1 aromatic heterocycles. The first-order chi connectivity index (χ1) is 9.11. The van der Waals surface area contributed by atoms with Crippen molar-refractivity contribution in [3.63, 3.8) is 0 Å². The van der Waals surface area contributed by atoms with Gasteiger partial charge in [0, 0.05) is 0 Å². The number of halogens is 2. The molecule has 0 saturated heterocycles. The van der Waals surface area contributed by atoms with Crippen LogP contribution >= 0.6 is 0 Å². The fraction of sp³-hybridized carbons (Fsp3) is 0.333. The van der Waals surface area contributed by atoms with E-state index in [0.29, 0.717) is 6.42 Å². The summed E-state index contributed by atoms with van der Waals surface area (Å²) in [5, 5.41) is 13.2. The number of hydrogen-bond donors (Lipinski definition) is 1. The predicted octanol–water partition coefficient (Wildman–Crippen LogP) is 2.78. The van der Waals surface area contributed by atoms with Gasteiger partial charge in [0.1, 0.15) is 11.9 Å². The van der Waals surface area contributed by atoms with E-state index in [0.717, 1.165) is 0 Å². The molecule has 0 spiro atoms. The Labute approximate surface area is 107 Å². The summed E-state index contributed by atoms with van der Waals surface area (Å²) in [6, 6.07) is 6.09. The van der Waals surface area contributed by atoms with Gasteiger partial charge in [-0.05, 0) is 18.6 Å². The summed E-state index contributed by atoms with van der Waals surface area (Å²) in [5.41, 5.74) is 0.254. The number of nitrogens with zero attached hydrogens (tertiary/aromatic N) is 2. The van der Waals surface area contributed by atoms with Gasteiger partial charge in [0.25, 0.3) is 5.89 Å². The molecule has 2 aromatic rings. The summed E-state index contributed by atoms with van der Waals surface area (Å²) >= 11 is 0. The molecule has 5 nitrogen and oxygen atoms in total. The number of aliphatic hydroxyl groups is 1. The first-order valence-electron chi connectivity index (χ1n) is 5.67. The van der Waals surface area contributed by atoms with E-state index >= 15 is 0 Å². The lowest BCUT2D eigenvalue weighted by Gasteiger charge is -2.07. The normalized spacial score (nSPS) is 12.7. The number of aromatic nitrogens is 2. The van der Waals surface area contributed by atoms with Crippen LogP contribution < -0.4 is 4.74 Å². The van der Waals surface area contributed by atoms with Gasteiger partial charge in [0.2, 0.25) is 5.82 Å². The Morgan fingerprint density at radius 2 is 2.11 bits per heavy atom. The summed E-state index contributed by atoms with van der Waals surface area (Å²) in [6.07, 6.45) is -0.422. The number of hydrogen-bond acceptors (Lipinski definition) is 5. The molecule has 0 amide bonds. The van der Waals surface area contributed by atoms with Gasteiger partial charge in [-0.1, -0.05) is 24.2 Å². The minimum atomic E-state index is -2.94. The van der Waals surface area contributed by atoms with Crippen molar-refractivity contribution < 1.29 is 23.1 Å². The fourth-order valence-corrected chi connectivity index (χ4v) is 1.50. The summed E-state index contributed by atoms with van der Waals surface area (Å²) in [6.45, 7) is -1.18. The van der Waals surface area contributed by atoms with E-state index < -0.39 is 12.7 Å². The van der Waals surface area contributed by atoms with Gasteiger partial charge in [-0.2, -0.15) is 13.8 Å². The second kappa shape index (κ2) is 5.75. The summed E-state index contributed by atoms with van der Waals surface area (Å²) in [7, 11) is 0. The van der Waals surface area contributed by atoms with Crippen LogP contribution in [0, 0.1) is 0 Å². The maximum absolute atomic E-state index is 12.3. The van der Waals surface area contributed by atoms with Gasteiger partial charge >= 0.3 is 6.61 Å². The number of alkyl halides is 2. The van der Waals surface area contributed by atoms with Gasteiger partial charge < -0.3 is 14.4 Å². The van der Waals surface area contributed by atoms with E-state index in [1.165, 1.54) is 12.1 Å². The molecule has 0 radical (unpaired) electrons. The van der Waals surface area contributed by atoms with Crippen molar-refractivity contribution in [2.24, 2.45) is 0 Å². The van der Waals surface area contributed by atoms with Crippen molar-refractivity contribution in [2.45, 2.75) is 26.1 Å². The van der Waals surface area contributed by atoms with Crippen molar-refractivity contribution in [1.29, 1.82) is 0 Å². The van der Waals surface area contributed by atoms with E-state index in [4.69, 9.17) is 4.52 Å². The Morgan fingerprint density at radius 1 is 1.37 bits per heavy atom.